The van der Waals surface area contributed by atoms with Gasteiger partial charge in [-0.25, -0.2) is 4.98 Å². The summed E-state index contributed by atoms with van der Waals surface area (Å²) in [4.78, 5) is 8.67. The van der Waals surface area contributed by atoms with E-state index in [9.17, 15) is 5.11 Å². The molecule has 7 nitrogen and oxygen atoms in total. The van der Waals surface area contributed by atoms with Gasteiger partial charge in [-0.2, -0.15) is 0 Å². The minimum absolute atomic E-state index is 0.196. The third-order valence-electron chi connectivity index (χ3n) is 3.98. The first kappa shape index (κ1) is 19.8. The van der Waals surface area contributed by atoms with Crippen molar-refractivity contribution in [1.29, 1.82) is 0 Å². The molecule has 0 spiro atoms. The molecule has 146 valence electrons. The second-order valence-corrected chi connectivity index (χ2v) is 6.69. The molecule has 0 atom stereocenters. The molecular weight excluding hydrogens is 428 g/mol. The van der Waals surface area contributed by atoms with Crippen LogP contribution in [0.3, 0.4) is 0 Å². The minimum Gasteiger partial charge on any atom is -0.493 e. The fourth-order valence-corrected chi connectivity index (χ4v) is 3.18. The third-order valence-corrected chi connectivity index (χ3v) is 4.61. The Labute approximate surface area is 170 Å². The van der Waals surface area contributed by atoms with Crippen LogP contribution >= 0.6 is 15.9 Å². The zero-order chi connectivity index (χ0) is 20.3. The van der Waals surface area contributed by atoms with E-state index in [1.807, 2.05) is 25.1 Å². The van der Waals surface area contributed by atoms with Gasteiger partial charge in [0, 0.05) is 10.0 Å². The summed E-state index contributed by atoms with van der Waals surface area (Å²) < 4.78 is 22.2. The summed E-state index contributed by atoms with van der Waals surface area (Å²) in [6.45, 7) is 1.99. The largest absolute Gasteiger partial charge is 0.493 e. The van der Waals surface area contributed by atoms with E-state index >= 15 is 0 Å². The first-order chi connectivity index (χ1) is 13.5. The molecule has 1 aromatic heterocycles. The molecule has 1 heterocycles. The predicted molar refractivity (Wildman–Crippen MR) is 109 cm³/mol. The molecule has 0 bridgehead atoms. The van der Waals surface area contributed by atoms with Gasteiger partial charge in [0.25, 0.3) is 0 Å². The number of aromatic hydroxyl groups is 1. The number of hydrogen-bond donors (Lipinski definition) is 1. The van der Waals surface area contributed by atoms with Crippen molar-refractivity contribution in [3.8, 4) is 34.6 Å². The van der Waals surface area contributed by atoms with Gasteiger partial charge in [-0.1, -0.05) is 6.07 Å². The van der Waals surface area contributed by atoms with Crippen LogP contribution in [0.1, 0.15) is 11.3 Å². The zero-order valence-electron chi connectivity index (χ0n) is 15.8. The van der Waals surface area contributed by atoms with E-state index in [0.717, 1.165) is 10.0 Å². The predicted octanol–water partition coefficient (Wildman–Crippen LogP) is 4.89. The van der Waals surface area contributed by atoms with Crippen LogP contribution in [-0.4, -0.2) is 37.6 Å². The molecular formula is C20H19BrN2O5. The zero-order valence-corrected chi connectivity index (χ0v) is 17.4. The van der Waals surface area contributed by atoms with Gasteiger partial charge in [0.15, 0.2) is 17.2 Å². The molecule has 1 N–H and O–H groups in total. The number of hydrogen-bond acceptors (Lipinski definition) is 7. The Morgan fingerprint density at radius 2 is 1.75 bits per heavy atom. The van der Waals surface area contributed by atoms with E-state index in [1.165, 1.54) is 27.5 Å². The molecule has 0 aliphatic heterocycles. The number of ether oxygens (including phenoxy) is 3. The monoisotopic (exact) mass is 446 g/mol. The first-order valence-electron chi connectivity index (χ1n) is 8.27. The molecule has 0 aliphatic carbocycles. The van der Waals surface area contributed by atoms with Crippen molar-refractivity contribution in [2.75, 3.05) is 21.3 Å². The number of nitrogens with zero attached hydrogens (tertiary/aromatic N) is 2. The number of methoxy groups -OCH3 is 3. The Kier molecular flexibility index (Phi) is 5.89. The maximum atomic E-state index is 10.1. The number of aliphatic imine (C=N–C) groups is 1. The maximum Gasteiger partial charge on any atom is 0.312 e. The van der Waals surface area contributed by atoms with Crippen molar-refractivity contribution < 1.29 is 23.7 Å². The van der Waals surface area contributed by atoms with Gasteiger partial charge >= 0.3 is 5.95 Å². The topological polar surface area (TPSA) is 86.3 Å². The lowest BCUT2D eigenvalue weighted by Gasteiger charge is -2.12. The van der Waals surface area contributed by atoms with E-state index in [2.05, 4.69) is 25.9 Å². The third kappa shape index (κ3) is 3.96. The number of oxazole rings is 1. The van der Waals surface area contributed by atoms with Gasteiger partial charge < -0.3 is 23.7 Å². The average Bonchev–Trinajstić information content (AvgIpc) is 3.06. The molecule has 0 radical (unpaired) electrons. The van der Waals surface area contributed by atoms with E-state index in [4.69, 9.17) is 18.6 Å². The summed E-state index contributed by atoms with van der Waals surface area (Å²) in [5.74, 6) is 1.22. The quantitative estimate of drug-likeness (QED) is 0.542. The van der Waals surface area contributed by atoms with Gasteiger partial charge in [-0.05, 0) is 52.7 Å². The summed E-state index contributed by atoms with van der Waals surface area (Å²) >= 11 is 3.47. The summed E-state index contributed by atoms with van der Waals surface area (Å²) in [6.07, 6.45) is 1.44. The minimum atomic E-state index is -0.337. The lowest BCUT2D eigenvalue weighted by molar-refractivity contribution is 0.323. The summed E-state index contributed by atoms with van der Waals surface area (Å²) in [5, 5.41) is 10.1. The Hall–Kier alpha value is -3.00. The normalized spacial score (nSPS) is 11.0. The van der Waals surface area contributed by atoms with Crippen molar-refractivity contribution in [3.05, 3.63) is 46.1 Å². The molecule has 0 saturated carbocycles. The average molecular weight is 447 g/mol. The van der Waals surface area contributed by atoms with Crippen LogP contribution in [-0.2, 0) is 0 Å². The Balaban J connectivity index is 1.97. The SMILES string of the molecule is COc1cc(-c2nc(C=Nc3ccc(C)cc3Br)c(O)o2)cc(OC)c1OC. The van der Waals surface area contributed by atoms with Crippen LogP contribution in [0, 0.1) is 6.92 Å². The van der Waals surface area contributed by atoms with Crippen molar-refractivity contribution >= 4 is 27.8 Å². The second kappa shape index (κ2) is 8.35. The molecule has 2 aromatic carbocycles. The first-order valence-corrected chi connectivity index (χ1v) is 9.06. The Morgan fingerprint density at radius 1 is 1.07 bits per heavy atom. The number of aromatic nitrogens is 1. The second-order valence-electron chi connectivity index (χ2n) is 5.84. The summed E-state index contributed by atoms with van der Waals surface area (Å²) in [5.41, 5.74) is 2.58. The van der Waals surface area contributed by atoms with E-state index in [0.29, 0.717) is 28.5 Å². The van der Waals surface area contributed by atoms with Gasteiger partial charge in [-0.3, -0.25) is 4.99 Å². The molecule has 3 aromatic rings. The highest BCUT2D eigenvalue weighted by atomic mass is 79.9. The molecule has 0 fully saturated rings. The van der Waals surface area contributed by atoms with E-state index in [1.54, 1.807) is 12.1 Å². The highest BCUT2D eigenvalue weighted by molar-refractivity contribution is 9.10. The molecule has 0 saturated heterocycles. The highest BCUT2D eigenvalue weighted by Gasteiger charge is 2.19. The molecule has 0 amide bonds. The maximum absolute atomic E-state index is 10.1. The Bertz CT molecular complexity index is 1000. The van der Waals surface area contributed by atoms with Crippen LogP contribution in [0.15, 0.2) is 44.2 Å². The van der Waals surface area contributed by atoms with Crippen molar-refractivity contribution in [3.63, 3.8) is 0 Å². The van der Waals surface area contributed by atoms with Gasteiger partial charge in [-0.15, -0.1) is 0 Å². The smallest absolute Gasteiger partial charge is 0.312 e. The lowest BCUT2D eigenvalue weighted by atomic mass is 10.2. The van der Waals surface area contributed by atoms with Gasteiger partial charge in [0.05, 0.1) is 33.2 Å². The molecule has 28 heavy (non-hydrogen) atoms. The summed E-state index contributed by atoms with van der Waals surface area (Å²) in [7, 11) is 4.56. The highest BCUT2D eigenvalue weighted by Crippen LogP contribution is 2.41. The molecule has 8 heteroatoms. The van der Waals surface area contributed by atoms with E-state index in [-0.39, 0.29) is 17.5 Å². The number of rotatable bonds is 6. The number of halogens is 1. The summed E-state index contributed by atoms with van der Waals surface area (Å²) in [6, 6.07) is 9.14. The fourth-order valence-electron chi connectivity index (χ4n) is 2.58. The molecule has 0 unspecified atom stereocenters. The molecule has 0 aliphatic rings. The van der Waals surface area contributed by atoms with Crippen molar-refractivity contribution in [2.45, 2.75) is 6.92 Å². The van der Waals surface area contributed by atoms with Crippen LogP contribution in [0.5, 0.6) is 23.2 Å². The van der Waals surface area contributed by atoms with Crippen LogP contribution in [0.2, 0.25) is 0 Å². The lowest BCUT2D eigenvalue weighted by Crippen LogP contribution is -1.95. The van der Waals surface area contributed by atoms with Gasteiger partial charge in [0.1, 0.15) is 0 Å². The molecule has 3 rings (SSSR count). The standard InChI is InChI=1S/C20H19BrN2O5/c1-11-5-6-14(13(21)7-11)22-10-15-20(24)28-19(23-15)12-8-16(25-2)18(27-4)17(9-12)26-3/h5-10,24H,1-4H3. The number of benzene rings is 2. The van der Waals surface area contributed by atoms with Gasteiger partial charge in [0.2, 0.25) is 11.6 Å². The fraction of sp³-hybridized carbons (Fsp3) is 0.200. The van der Waals surface area contributed by atoms with Crippen LogP contribution in [0.25, 0.3) is 11.5 Å². The van der Waals surface area contributed by atoms with Crippen molar-refractivity contribution in [1.82, 2.24) is 4.98 Å². The van der Waals surface area contributed by atoms with Crippen molar-refractivity contribution in [2.24, 2.45) is 4.99 Å². The number of aryl methyl sites for hydroxylation is 1. The Morgan fingerprint density at radius 3 is 2.32 bits per heavy atom. The van der Waals surface area contributed by atoms with Crippen LogP contribution < -0.4 is 14.2 Å². The van der Waals surface area contributed by atoms with E-state index < -0.39 is 0 Å². The van der Waals surface area contributed by atoms with Crippen LogP contribution in [0.4, 0.5) is 5.69 Å².